The van der Waals surface area contributed by atoms with Gasteiger partial charge in [-0.2, -0.15) is 0 Å². The summed E-state index contributed by atoms with van der Waals surface area (Å²) >= 11 is 0. The van der Waals surface area contributed by atoms with E-state index in [0.717, 1.165) is 36.1 Å². The summed E-state index contributed by atoms with van der Waals surface area (Å²) in [5, 5.41) is 13.0. The Labute approximate surface area is 143 Å². The first-order valence-corrected chi connectivity index (χ1v) is 8.59. The lowest BCUT2D eigenvalue weighted by Crippen LogP contribution is -2.01. The maximum atomic E-state index is 10.5. The fourth-order valence-corrected chi connectivity index (χ4v) is 3.31. The lowest BCUT2D eigenvalue weighted by atomic mass is 9.92. The van der Waals surface area contributed by atoms with E-state index in [1.807, 2.05) is 6.07 Å². The zero-order valence-electron chi connectivity index (χ0n) is 14.4. The van der Waals surface area contributed by atoms with Crippen LogP contribution in [0.15, 0.2) is 54.6 Å². The van der Waals surface area contributed by atoms with Gasteiger partial charge in [-0.3, -0.25) is 0 Å². The number of phenols is 1. The van der Waals surface area contributed by atoms with Crippen LogP contribution >= 0.6 is 0 Å². The quantitative estimate of drug-likeness (QED) is 0.651. The van der Waals surface area contributed by atoms with Crippen LogP contribution in [0.5, 0.6) is 11.5 Å². The Hall–Kier alpha value is -2.48. The number of hydrogen-bond acceptors (Lipinski definition) is 2. The van der Waals surface area contributed by atoms with Gasteiger partial charge in [0.25, 0.3) is 0 Å². The highest BCUT2D eigenvalue weighted by atomic mass is 16.5. The van der Waals surface area contributed by atoms with Gasteiger partial charge in [0.1, 0.15) is 11.5 Å². The molecular weight excluding hydrogens is 296 g/mol. The first-order valence-electron chi connectivity index (χ1n) is 8.59. The number of ether oxygens (including phenoxy) is 1. The average molecular weight is 320 g/mol. The maximum Gasteiger partial charge on any atom is 0.122 e. The molecule has 0 aliphatic heterocycles. The summed E-state index contributed by atoms with van der Waals surface area (Å²) in [5.41, 5.74) is 3.35. The van der Waals surface area contributed by atoms with Crippen molar-refractivity contribution in [3.8, 4) is 11.5 Å². The molecule has 0 saturated carbocycles. The van der Waals surface area contributed by atoms with Crippen molar-refractivity contribution in [3.63, 3.8) is 0 Å². The summed E-state index contributed by atoms with van der Waals surface area (Å²) in [6.45, 7) is 2.18. The van der Waals surface area contributed by atoms with E-state index < -0.39 is 0 Å². The second-order valence-electron chi connectivity index (χ2n) is 6.16. The fraction of sp³-hybridized carbons (Fsp3) is 0.273. The molecule has 0 spiro atoms. The van der Waals surface area contributed by atoms with Gasteiger partial charge in [-0.15, -0.1) is 0 Å². The summed E-state index contributed by atoms with van der Waals surface area (Å²) in [7, 11) is 1.70. The first-order chi connectivity index (χ1) is 11.7. The zero-order valence-corrected chi connectivity index (χ0v) is 14.4. The minimum Gasteiger partial charge on any atom is -0.508 e. The Kier molecular flexibility index (Phi) is 5.05. The molecule has 3 aromatic rings. The lowest BCUT2D eigenvalue weighted by molar-refractivity contribution is 0.404. The molecule has 24 heavy (non-hydrogen) atoms. The van der Waals surface area contributed by atoms with Gasteiger partial charge in [0.05, 0.1) is 7.11 Å². The molecule has 0 aromatic heterocycles. The molecule has 0 amide bonds. The average Bonchev–Trinajstić information content (AvgIpc) is 2.62. The molecule has 3 rings (SSSR count). The molecule has 0 aliphatic rings. The van der Waals surface area contributed by atoms with Gasteiger partial charge in [-0.05, 0) is 41.3 Å². The Morgan fingerprint density at radius 1 is 0.917 bits per heavy atom. The van der Waals surface area contributed by atoms with E-state index >= 15 is 0 Å². The van der Waals surface area contributed by atoms with Gasteiger partial charge >= 0.3 is 0 Å². The molecule has 0 radical (unpaired) electrons. The van der Waals surface area contributed by atoms with Gasteiger partial charge in [0.15, 0.2) is 0 Å². The molecule has 3 aromatic carbocycles. The Morgan fingerprint density at radius 2 is 1.71 bits per heavy atom. The van der Waals surface area contributed by atoms with Crippen molar-refractivity contribution in [2.45, 2.75) is 32.6 Å². The zero-order chi connectivity index (χ0) is 16.9. The van der Waals surface area contributed by atoms with Crippen LogP contribution in [0.4, 0.5) is 0 Å². The summed E-state index contributed by atoms with van der Waals surface area (Å²) < 4.78 is 5.55. The molecule has 0 heterocycles. The van der Waals surface area contributed by atoms with E-state index in [1.165, 1.54) is 16.3 Å². The van der Waals surface area contributed by atoms with E-state index in [2.05, 4.69) is 49.4 Å². The molecule has 0 saturated heterocycles. The van der Waals surface area contributed by atoms with Crippen molar-refractivity contribution >= 4 is 10.8 Å². The largest absolute Gasteiger partial charge is 0.508 e. The number of phenolic OH excluding ortho intramolecular Hbond substituents is 1. The second kappa shape index (κ2) is 7.39. The van der Waals surface area contributed by atoms with Crippen molar-refractivity contribution in [2.75, 3.05) is 7.11 Å². The van der Waals surface area contributed by atoms with Gasteiger partial charge in [-0.1, -0.05) is 55.8 Å². The topological polar surface area (TPSA) is 29.5 Å². The van der Waals surface area contributed by atoms with Gasteiger partial charge in [-0.25, -0.2) is 0 Å². The van der Waals surface area contributed by atoms with Crippen molar-refractivity contribution in [3.05, 3.63) is 71.3 Å². The maximum absolute atomic E-state index is 10.5. The third-order valence-electron chi connectivity index (χ3n) is 4.61. The number of unbranched alkanes of at least 4 members (excludes halogenated alkanes) is 1. The van der Waals surface area contributed by atoms with Gasteiger partial charge in [0, 0.05) is 17.5 Å². The highest BCUT2D eigenvalue weighted by Gasteiger charge is 2.15. The van der Waals surface area contributed by atoms with Gasteiger partial charge in [0.2, 0.25) is 0 Å². The minimum absolute atomic E-state index is 0.356. The predicted molar refractivity (Wildman–Crippen MR) is 100 cm³/mol. The Balaban J connectivity index is 2.08. The number of rotatable bonds is 6. The van der Waals surface area contributed by atoms with E-state index in [4.69, 9.17) is 4.74 Å². The number of benzene rings is 3. The van der Waals surface area contributed by atoms with Crippen LogP contribution in [-0.2, 0) is 12.8 Å². The smallest absolute Gasteiger partial charge is 0.122 e. The van der Waals surface area contributed by atoms with Crippen molar-refractivity contribution in [2.24, 2.45) is 0 Å². The summed E-state index contributed by atoms with van der Waals surface area (Å²) in [5.74, 6) is 1.23. The van der Waals surface area contributed by atoms with Crippen LogP contribution in [0.2, 0.25) is 0 Å². The molecule has 0 atom stereocenters. The fourth-order valence-electron chi connectivity index (χ4n) is 3.31. The van der Waals surface area contributed by atoms with Crippen molar-refractivity contribution < 1.29 is 9.84 Å². The molecule has 2 nitrogen and oxygen atoms in total. The molecule has 2 heteroatoms. The SMILES string of the molecule is CCCCc1c(OC)ccc(O)c1Cc1cccc2ccccc12. The standard InChI is InChI=1S/C22H24O2/c1-3-4-11-19-20(21(23)13-14-22(19)24-2)15-17-10-7-9-16-8-5-6-12-18(16)17/h5-10,12-14,23H,3-4,11,15H2,1-2H3. The van der Waals surface area contributed by atoms with E-state index in [-0.39, 0.29) is 0 Å². The highest BCUT2D eigenvalue weighted by molar-refractivity contribution is 5.86. The number of methoxy groups -OCH3 is 1. The van der Waals surface area contributed by atoms with Crippen molar-refractivity contribution in [1.82, 2.24) is 0 Å². The highest BCUT2D eigenvalue weighted by Crippen LogP contribution is 2.34. The monoisotopic (exact) mass is 320 g/mol. The lowest BCUT2D eigenvalue weighted by Gasteiger charge is -2.16. The second-order valence-corrected chi connectivity index (χ2v) is 6.16. The molecular formula is C22H24O2. The minimum atomic E-state index is 0.356. The number of hydrogen-bond donors (Lipinski definition) is 1. The van der Waals surface area contributed by atoms with E-state index in [1.54, 1.807) is 13.2 Å². The number of fused-ring (bicyclic) bond motifs is 1. The molecule has 124 valence electrons. The Bertz CT molecular complexity index is 831. The van der Waals surface area contributed by atoms with E-state index in [0.29, 0.717) is 12.2 Å². The molecule has 1 N–H and O–H groups in total. The van der Waals surface area contributed by atoms with Crippen LogP contribution in [0.3, 0.4) is 0 Å². The van der Waals surface area contributed by atoms with Crippen LogP contribution in [0.1, 0.15) is 36.5 Å². The van der Waals surface area contributed by atoms with Crippen LogP contribution in [0.25, 0.3) is 10.8 Å². The third kappa shape index (κ3) is 3.23. The van der Waals surface area contributed by atoms with Crippen LogP contribution < -0.4 is 4.74 Å². The third-order valence-corrected chi connectivity index (χ3v) is 4.61. The molecule has 0 fully saturated rings. The molecule has 0 unspecified atom stereocenters. The van der Waals surface area contributed by atoms with E-state index in [9.17, 15) is 5.11 Å². The normalized spacial score (nSPS) is 10.9. The van der Waals surface area contributed by atoms with Crippen molar-refractivity contribution in [1.29, 1.82) is 0 Å². The first kappa shape index (κ1) is 16.4. The summed E-state index contributed by atoms with van der Waals surface area (Å²) in [6, 6.07) is 18.4. The number of aromatic hydroxyl groups is 1. The predicted octanol–water partition coefficient (Wildman–Crippen LogP) is 5.49. The summed E-state index contributed by atoms with van der Waals surface area (Å²) in [4.78, 5) is 0. The van der Waals surface area contributed by atoms with Gasteiger partial charge < -0.3 is 9.84 Å². The summed E-state index contributed by atoms with van der Waals surface area (Å²) in [6.07, 6.45) is 3.84. The Morgan fingerprint density at radius 3 is 2.50 bits per heavy atom. The van der Waals surface area contributed by atoms with Crippen LogP contribution in [0, 0.1) is 0 Å². The van der Waals surface area contributed by atoms with Crippen LogP contribution in [-0.4, -0.2) is 12.2 Å². The molecule has 0 aliphatic carbocycles. The molecule has 0 bridgehead atoms.